The summed E-state index contributed by atoms with van der Waals surface area (Å²) in [5.74, 6) is 0. The number of para-hydroxylation sites is 2. The van der Waals surface area contributed by atoms with Crippen LogP contribution in [-0.4, -0.2) is 14.5 Å². The highest BCUT2D eigenvalue weighted by molar-refractivity contribution is 7.28. The quantitative estimate of drug-likeness (QED) is 0.206. The van der Waals surface area contributed by atoms with Crippen molar-refractivity contribution < 1.29 is 0 Å². The summed E-state index contributed by atoms with van der Waals surface area (Å²) in [6.07, 6.45) is 3.89. The second kappa shape index (κ2) is 9.29. The summed E-state index contributed by atoms with van der Waals surface area (Å²) < 4.78 is 5.04. The van der Waals surface area contributed by atoms with Gasteiger partial charge in [0.25, 0.3) is 0 Å². The number of hydrogen-bond acceptors (Lipinski definition) is 2. The lowest BCUT2D eigenvalue weighted by Gasteiger charge is -2.10. The molecule has 11 rings (SSSR count). The summed E-state index contributed by atoms with van der Waals surface area (Å²) in [6.45, 7) is 0. The van der Waals surface area contributed by atoms with Crippen LogP contribution in [0.5, 0.6) is 0 Å². The van der Waals surface area contributed by atoms with Gasteiger partial charge in [-0.05, 0) is 52.9 Å². The lowest BCUT2D eigenvalue weighted by molar-refractivity contribution is 1.17. The number of nitrogens with one attached hydrogen (secondary N) is 1. The lowest BCUT2D eigenvalue weighted by Crippen LogP contribution is -1.93. The van der Waals surface area contributed by atoms with Crippen LogP contribution in [0.3, 0.4) is 0 Å². The zero-order chi connectivity index (χ0) is 30.6. The second-order valence-electron chi connectivity index (χ2n) is 12.4. The van der Waals surface area contributed by atoms with Crippen molar-refractivity contribution >= 4 is 96.7 Å². The van der Waals surface area contributed by atoms with Crippen molar-refractivity contribution in [1.29, 1.82) is 0 Å². The van der Waals surface area contributed by atoms with Gasteiger partial charge in [0.05, 0.1) is 16.6 Å². The number of pyridine rings is 1. The molecule has 0 bridgehead atoms. The van der Waals surface area contributed by atoms with Gasteiger partial charge in [0.1, 0.15) is 0 Å². The SMILES string of the molecule is c1ccc(-n2c3ccncc3c3cc(-c4cccc5ccc6c(sc7c8ccccc8c8[nH]c9ccccc9c8c67)c45)ccc32)cc1. The van der Waals surface area contributed by atoms with E-state index >= 15 is 0 Å². The van der Waals surface area contributed by atoms with Crippen LogP contribution in [0, 0.1) is 0 Å². The predicted octanol–water partition coefficient (Wildman–Crippen LogP) is 12.2. The molecule has 3 nitrogen and oxygen atoms in total. The Bertz CT molecular complexity index is 3070. The maximum Gasteiger partial charge on any atom is 0.0571 e. The number of rotatable bonds is 2. The smallest absolute Gasteiger partial charge is 0.0571 e. The van der Waals surface area contributed by atoms with E-state index in [1.54, 1.807) is 0 Å². The van der Waals surface area contributed by atoms with E-state index < -0.39 is 0 Å². The van der Waals surface area contributed by atoms with E-state index in [1.165, 1.54) is 85.6 Å². The first kappa shape index (κ1) is 25.2. The molecule has 1 N–H and O–H groups in total. The summed E-state index contributed by atoms with van der Waals surface area (Å²) in [4.78, 5) is 8.33. The van der Waals surface area contributed by atoms with E-state index in [0.29, 0.717) is 0 Å². The van der Waals surface area contributed by atoms with Crippen LogP contribution in [-0.2, 0) is 0 Å². The van der Waals surface area contributed by atoms with Gasteiger partial charge in [0.15, 0.2) is 0 Å². The fourth-order valence-corrected chi connectivity index (χ4v) is 9.41. The second-order valence-corrected chi connectivity index (χ2v) is 13.4. The number of nitrogens with zero attached hydrogens (tertiary/aromatic N) is 2. The van der Waals surface area contributed by atoms with Crippen LogP contribution in [0.1, 0.15) is 0 Å². The Labute approximate surface area is 272 Å². The Kier molecular flexibility index (Phi) is 4.99. The van der Waals surface area contributed by atoms with Crippen molar-refractivity contribution in [3.8, 4) is 16.8 Å². The predicted molar refractivity (Wildman–Crippen MR) is 201 cm³/mol. The molecule has 0 atom stereocenters. The Morgan fingerprint density at radius 3 is 2.23 bits per heavy atom. The molecule has 218 valence electrons. The molecular weight excluding hydrogens is 591 g/mol. The van der Waals surface area contributed by atoms with E-state index in [-0.39, 0.29) is 0 Å². The Hall–Kier alpha value is -5.97. The molecule has 11 aromatic rings. The van der Waals surface area contributed by atoms with Gasteiger partial charge >= 0.3 is 0 Å². The van der Waals surface area contributed by atoms with Gasteiger partial charge in [-0.15, -0.1) is 11.3 Å². The molecule has 0 saturated carbocycles. The maximum atomic E-state index is 4.54. The van der Waals surface area contributed by atoms with Crippen LogP contribution in [0.25, 0.3) is 102 Å². The van der Waals surface area contributed by atoms with Crippen molar-refractivity contribution in [1.82, 2.24) is 14.5 Å². The minimum atomic E-state index is 1.15. The number of H-pyrrole nitrogens is 1. The first-order chi connectivity index (χ1) is 23.3. The molecule has 4 aromatic heterocycles. The highest BCUT2D eigenvalue weighted by Crippen LogP contribution is 2.49. The summed E-state index contributed by atoms with van der Waals surface area (Å²) >= 11 is 1.94. The molecule has 0 aliphatic rings. The number of thiophene rings is 1. The molecular formula is C43H25N3S. The van der Waals surface area contributed by atoms with Gasteiger partial charge in [-0.25, -0.2) is 0 Å². The number of fused-ring (bicyclic) bond motifs is 15. The minimum absolute atomic E-state index is 1.15. The molecule has 0 aliphatic heterocycles. The van der Waals surface area contributed by atoms with Crippen LogP contribution in [0.2, 0.25) is 0 Å². The summed E-state index contributed by atoms with van der Waals surface area (Å²) in [7, 11) is 0. The topological polar surface area (TPSA) is 33.6 Å². The normalized spacial score (nSPS) is 12.3. The van der Waals surface area contributed by atoms with Gasteiger partial charge in [-0.1, -0.05) is 97.1 Å². The zero-order valence-electron chi connectivity index (χ0n) is 25.2. The molecule has 0 amide bonds. The summed E-state index contributed by atoms with van der Waals surface area (Å²) in [6, 6.07) is 48.7. The lowest BCUT2D eigenvalue weighted by atomic mass is 9.94. The molecule has 4 heteroatoms. The van der Waals surface area contributed by atoms with Gasteiger partial charge in [-0.2, -0.15) is 0 Å². The van der Waals surface area contributed by atoms with Gasteiger partial charge in [0.2, 0.25) is 0 Å². The maximum absolute atomic E-state index is 4.54. The number of aromatic amines is 1. The van der Waals surface area contributed by atoms with Gasteiger partial charge in [0, 0.05) is 81.5 Å². The average Bonchev–Trinajstić information content (AvgIpc) is 3.81. The third-order valence-electron chi connectivity index (χ3n) is 9.99. The average molecular weight is 616 g/mol. The standard InChI is InChI=1S/C43H25N3S/c1-2-10-27(11-3-1)46-36-20-18-26(23-33(36)34-24-44-22-21-37(34)46)28-15-8-9-25-17-19-32-40-39-31-14-6-7-16-35(31)45-41(39)29-12-4-5-13-30(29)42(40)47-43(32)38(25)28/h1-24,45H. The van der Waals surface area contributed by atoms with E-state index in [2.05, 4.69) is 148 Å². The Balaban J connectivity index is 1.26. The minimum Gasteiger partial charge on any atom is -0.354 e. The fraction of sp³-hybridized carbons (Fsp3) is 0. The summed E-state index contributed by atoms with van der Waals surface area (Å²) in [5.41, 5.74) is 8.37. The molecule has 0 spiro atoms. The number of benzene rings is 7. The molecule has 47 heavy (non-hydrogen) atoms. The summed E-state index contributed by atoms with van der Waals surface area (Å²) in [5, 5.41) is 12.8. The third kappa shape index (κ3) is 3.37. The molecule has 0 radical (unpaired) electrons. The van der Waals surface area contributed by atoms with Crippen LogP contribution in [0.15, 0.2) is 146 Å². The zero-order valence-corrected chi connectivity index (χ0v) is 26.0. The molecule has 0 unspecified atom stereocenters. The van der Waals surface area contributed by atoms with Crippen LogP contribution < -0.4 is 0 Å². The number of hydrogen-bond donors (Lipinski definition) is 1. The van der Waals surface area contributed by atoms with E-state index in [0.717, 1.165) is 16.6 Å². The molecule has 0 saturated heterocycles. The molecule has 7 aromatic carbocycles. The monoisotopic (exact) mass is 615 g/mol. The van der Waals surface area contributed by atoms with E-state index in [9.17, 15) is 0 Å². The Morgan fingerprint density at radius 1 is 0.532 bits per heavy atom. The molecule has 4 heterocycles. The first-order valence-electron chi connectivity index (χ1n) is 16.0. The highest BCUT2D eigenvalue weighted by atomic mass is 32.1. The van der Waals surface area contributed by atoms with Crippen LogP contribution >= 0.6 is 11.3 Å². The van der Waals surface area contributed by atoms with Crippen molar-refractivity contribution in [2.24, 2.45) is 0 Å². The Morgan fingerprint density at radius 2 is 1.32 bits per heavy atom. The van der Waals surface area contributed by atoms with E-state index in [1.807, 2.05) is 23.7 Å². The fourth-order valence-electron chi connectivity index (χ4n) is 7.99. The van der Waals surface area contributed by atoms with E-state index in [4.69, 9.17) is 0 Å². The van der Waals surface area contributed by atoms with Crippen LogP contribution in [0.4, 0.5) is 0 Å². The van der Waals surface area contributed by atoms with Crippen molar-refractivity contribution in [2.45, 2.75) is 0 Å². The molecule has 0 fully saturated rings. The molecule has 0 aliphatic carbocycles. The van der Waals surface area contributed by atoms with Gasteiger partial charge in [-0.3, -0.25) is 4.98 Å². The highest BCUT2D eigenvalue weighted by Gasteiger charge is 2.21. The number of aromatic nitrogens is 3. The van der Waals surface area contributed by atoms with Crippen molar-refractivity contribution in [3.63, 3.8) is 0 Å². The van der Waals surface area contributed by atoms with Crippen molar-refractivity contribution in [2.75, 3.05) is 0 Å². The largest absolute Gasteiger partial charge is 0.354 e. The van der Waals surface area contributed by atoms with Crippen molar-refractivity contribution in [3.05, 3.63) is 146 Å². The third-order valence-corrected chi connectivity index (χ3v) is 11.2. The van der Waals surface area contributed by atoms with Gasteiger partial charge < -0.3 is 9.55 Å². The first-order valence-corrected chi connectivity index (χ1v) is 16.8.